The van der Waals surface area contributed by atoms with E-state index in [1.165, 1.54) is 6.42 Å². The van der Waals surface area contributed by atoms with Crippen molar-refractivity contribution in [2.75, 3.05) is 43.4 Å². The zero-order chi connectivity index (χ0) is 35.6. The number of hydrogen-bond acceptors (Lipinski definition) is 11. The van der Waals surface area contributed by atoms with E-state index in [1.807, 2.05) is 49.6 Å². The maximum atomic E-state index is 13.1. The molecule has 0 aliphatic carbocycles. The Labute approximate surface area is 303 Å². The summed E-state index contributed by atoms with van der Waals surface area (Å²) in [6.45, 7) is 12.3. The molecule has 9 rings (SSSR count). The lowest BCUT2D eigenvalue weighted by Crippen LogP contribution is -2.62. The van der Waals surface area contributed by atoms with Crippen LogP contribution in [0.4, 0.5) is 16.5 Å². The van der Waals surface area contributed by atoms with Crippen LogP contribution < -0.4 is 15.5 Å². The fourth-order valence-electron chi connectivity index (χ4n) is 8.30. The second kappa shape index (κ2) is 12.5. The van der Waals surface area contributed by atoms with Crippen LogP contribution in [0, 0.1) is 12.0 Å². The molecule has 4 aliphatic heterocycles. The summed E-state index contributed by atoms with van der Waals surface area (Å²) in [5, 5.41) is 21.1. The summed E-state index contributed by atoms with van der Waals surface area (Å²) in [7, 11) is 1.89. The second-order valence-electron chi connectivity index (χ2n) is 14.2. The van der Waals surface area contributed by atoms with E-state index in [-0.39, 0.29) is 29.6 Å². The van der Waals surface area contributed by atoms with E-state index in [0.29, 0.717) is 24.2 Å². The zero-order valence-corrected chi connectivity index (χ0v) is 29.3. The molecule has 3 amide bonds. The Kier molecular flexibility index (Phi) is 7.74. The van der Waals surface area contributed by atoms with Gasteiger partial charge in [-0.05, 0) is 60.7 Å². The van der Waals surface area contributed by atoms with Gasteiger partial charge in [-0.1, -0.05) is 23.5 Å². The first-order valence-electron chi connectivity index (χ1n) is 17.4. The van der Waals surface area contributed by atoms with Gasteiger partial charge in [0, 0.05) is 75.6 Å². The Bertz CT molecular complexity index is 2320. The first-order chi connectivity index (χ1) is 25.3. The minimum atomic E-state index is -0.604. The molecule has 3 fully saturated rings. The van der Waals surface area contributed by atoms with Crippen molar-refractivity contribution in [2.45, 2.75) is 44.8 Å². The fourth-order valence-corrected chi connectivity index (χ4v) is 9.19. The van der Waals surface area contributed by atoms with E-state index in [4.69, 9.17) is 11.6 Å². The van der Waals surface area contributed by atoms with Crippen LogP contribution in [0.2, 0.25) is 0 Å². The van der Waals surface area contributed by atoms with Crippen molar-refractivity contribution in [1.29, 1.82) is 0 Å². The van der Waals surface area contributed by atoms with E-state index in [0.717, 1.165) is 88.6 Å². The van der Waals surface area contributed by atoms with Gasteiger partial charge in [-0.2, -0.15) is 5.10 Å². The number of anilines is 2. The van der Waals surface area contributed by atoms with Gasteiger partial charge in [0.05, 0.1) is 35.2 Å². The lowest BCUT2D eigenvalue weighted by Gasteiger charge is -2.54. The lowest BCUT2D eigenvalue weighted by atomic mass is 9.73. The van der Waals surface area contributed by atoms with Crippen molar-refractivity contribution in [1.82, 2.24) is 39.9 Å². The molecule has 1 atom stereocenters. The predicted octanol–water partition coefficient (Wildman–Crippen LogP) is 4.37. The molecule has 5 aromatic rings. The zero-order valence-electron chi connectivity index (χ0n) is 28.5. The molecule has 14 nitrogen and oxygen atoms in total. The summed E-state index contributed by atoms with van der Waals surface area (Å²) in [5.74, 6) is -0.809. The largest absolute Gasteiger partial charge is 0.387 e. The molecule has 52 heavy (non-hydrogen) atoms. The summed E-state index contributed by atoms with van der Waals surface area (Å²) in [4.78, 5) is 51.9. The smallest absolute Gasteiger partial charge is 0.255 e. The van der Waals surface area contributed by atoms with E-state index in [2.05, 4.69) is 46.6 Å². The highest BCUT2D eigenvalue weighted by molar-refractivity contribution is 7.18. The van der Waals surface area contributed by atoms with E-state index in [1.54, 1.807) is 26.9 Å². The topological polar surface area (TPSA) is 145 Å². The monoisotopic (exact) mass is 713 g/mol. The molecule has 0 saturated carbocycles. The molecule has 4 aromatic heterocycles. The number of nitrogens with one attached hydrogen (secondary N) is 2. The van der Waals surface area contributed by atoms with Crippen LogP contribution >= 0.6 is 11.3 Å². The third kappa shape index (κ3) is 5.55. The van der Waals surface area contributed by atoms with Gasteiger partial charge in [0.2, 0.25) is 22.6 Å². The van der Waals surface area contributed by atoms with E-state index < -0.39 is 6.04 Å². The molecule has 3 saturated heterocycles. The second-order valence-corrected chi connectivity index (χ2v) is 15.2. The number of amides is 3. The highest BCUT2D eigenvalue weighted by Crippen LogP contribution is 2.43. The highest BCUT2D eigenvalue weighted by Gasteiger charge is 2.46. The molecule has 15 heteroatoms. The Balaban J connectivity index is 0.848. The maximum Gasteiger partial charge on any atom is 0.255 e. The number of nitrogens with zero attached hydrogens (tertiary/aromatic N) is 9. The van der Waals surface area contributed by atoms with Gasteiger partial charge in [0.1, 0.15) is 6.04 Å². The summed E-state index contributed by atoms with van der Waals surface area (Å²) in [6.07, 6.45) is 6.27. The number of likely N-dealkylation sites (tertiary alicyclic amines) is 1. The average molecular weight is 714 g/mol. The van der Waals surface area contributed by atoms with Crippen LogP contribution in [-0.4, -0.2) is 91.6 Å². The number of rotatable bonds is 7. The third-order valence-electron chi connectivity index (χ3n) is 10.7. The first-order valence-corrected chi connectivity index (χ1v) is 18.2. The first kappa shape index (κ1) is 32.2. The van der Waals surface area contributed by atoms with Crippen molar-refractivity contribution >= 4 is 51.1 Å². The predicted molar refractivity (Wildman–Crippen MR) is 195 cm³/mol. The van der Waals surface area contributed by atoms with Gasteiger partial charge in [0.15, 0.2) is 5.01 Å². The van der Waals surface area contributed by atoms with Crippen LogP contribution in [0.1, 0.15) is 47.2 Å². The van der Waals surface area contributed by atoms with Crippen molar-refractivity contribution < 1.29 is 14.4 Å². The SMILES string of the molecule is [C-]#[N+]c1cnn2c(-c3cc(NC)c(-c4nnc(N5CCCC6(CN(Cc7ccc8c(c7)CN(C7CCC(=O)NC7=O)C8=O)C6)C5)s4)cn3)ccc2c1. The normalized spacial score (nSPS) is 19.8. The number of carbonyl (C=O) groups is 3. The molecule has 1 aromatic carbocycles. The highest BCUT2D eigenvalue weighted by atomic mass is 32.1. The molecular formula is C37H35N11O3S. The molecule has 2 N–H and O–H groups in total. The average Bonchev–Trinajstić information content (AvgIpc) is 3.88. The number of pyridine rings is 1. The standard InChI is InChI=1S/C37H35N11O3S/c1-38-24-13-25-5-7-30(48(25)41-15-24)29-14-28(39-2)27(16-40-29)34-43-44-36(52-34)46-11-3-10-37(21-46)19-45(20-37)17-22-4-6-26-23(12-22)18-47(35(26)51)31-8-9-32(49)42-33(31)50/h4-7,12-16,31H,3,8-11,17-21H2,2H3,(H,39,40)(H,42,49,50). The molecule has 1 unspecified atom stereocenters. The Morgan fingerprint density at radius 1 is 1.06 bits per heavy atom. The molecule has 0 radical (unpaired) electrons. The van der Waals surface area contributed by atoms with Crippen molar-refractivity contribution in [2.24, 2.45) is 5.41 Å². The number of carbonyl (C=O) groups excluding carboxylic acids is 3. The lowest BCUT2D eigenvalue weighted by molar-refractivity contribution is -0.136. The summed E-state index contributed by atoms with van der Waals surface area (Å²) in [5.41, 5.74) is 7.65. The van der Waals surface area contributed by atoms with E-state index >= 15 is 0 Å². The number of imide groups is 1. The molecule has 8 heterocycles. The number of benzene rings is 1. The summed E-state index contributed by atoms with van der Waals surface area (Å²) >= 11 is 1.58. The van der Waals surface area contributed by atoms with Crippen LogP contribution in [0.25, 0.3) is 32.3 Å². The number of piperidine rings is 2. The Hall–Kier alpha value is -5.72. The third-order valence-corrected chi connectivity index (χ3v) is 11.8. The summed E-state index contributed by atoms with van der Waals surface area (Å²) < 4.78 is 1.79. The van der Waals surface area contributed by atoms with Gasteiger partial charge < -0.3 is 15.1 Å². The maximum absolute atomic E-state index is 13.1. The van der Waals surface area contributed by atoms with Crippen molar-refractivity contribution in [3.8, 4) is 22.0 Å². The van der Waals surface area contributed by atoms with Crippen LogP contribution in [0.3, 0.4) is 0 Å². The van der Waals surface area contributed by atoms with Crippen molar-refractivity contribution in [3.05, 3.63) is 83.0 Å². The molecule has 4 aliphatic rings. The van der Waals surface area contributed by atoms with Crippen LogP contribution in [0.15, 0.2) is 54.9 Å². The molecule has 1 spiro atoms. The van der Waals surface area contributed by atoms with Gasteiger partial charge >= 0.3 is 0 Å². The fraction of sp³-hybridized carbons (Fsp3) is 0.351. The van der Waals surface area contributed by atoms with Gasteiger partial charge in [0.25, 0.3) is 5.91 Å². The van der Waals surface area contributed by atoms with Gasteiger partial charge in [-0.3, -0.25) is 29.6 Å². The Morgan fingerprint density at radius 3 is 2.77 bits per heavy atom. The summed E-state index contributed by atoms with van der Waals surface area (Å²) in [6, 6.07) is 13.1. The number of fused-ring (bicyclic) bond motifs is 2. The molecule has 262 valence electrons. The Morgan fingerprint density at radius 2 is 1.94 bits per heavy atom. The van der Waals surface area contributed by atoms with Crippen LogP contribution in [-0.2, 0) is 22.7 Å². The minimum absolute atomic E-state index is 0.141. The van der Waals surface area contributed by atoms with E-state index in [9.17, 15) is 14.4 Å². The number of hydrogen-bond donors (Lipinski definition) is 2. The molecular weight excluding hydrogens is 679 g/mol. The van der Waals surface area contributed by atoms with Gasteiger partial charge in [-0.25, -0.2) is 9.36 Å². The minimum Gasteiger partial charge on any atom is -0.387 e. The quantitative estimate of drug-likeness (QED) is 0.184. The van der Waals surface area contributed by atoms with Gasteiger partial charge in [-0.15, -0.1) is 10.2 Å². The number of aromatic nitrogens is 5. The molecule has 0 bridgehead atoms. The van der Waals surface area contributed by atoms with Crippen LogP contribution in [0.5, 0.6) is 0 Å². The van der Waals surface area contributed by atoms with Crippen molar-refractivity contribution in [3.63, 3.8) is 0 Å².